The van der Waals surface area contributed by atoms with E-state index in [2.05, 4.69) is 10.3 Å². The predicted octanol–water partition coefficient (Wildman–Crippen LogP) is 5.87. The molecule has 0 saturated carbocycles. The predicted molar refractivity (Wildman–Crippen MR) is 145 cm³/mol. The molecule has 1 aliphatic rings. The van der Waals surface area contributed by atoms with Crippen LogP contribution < -0.4 is 5.32 Å². The Bertz CT molecular complexity index is 1500. The number of aromatic nitrogens is 3. The van der Waals surface area contributed by atoms with Crippen molar-refractivity contribution in [3.8, 4) is 11.3 Å². The molecule has 1 amide bonds. The van der Waals surface area contributed by atoms with Gasteiger partial charge in [0.15, 0.2) is 0 Å². The van der Waals surface area contributed by atoms with E-state index in [1.807, 2.05) is 44.9 Å². The van der Waals surface area contributed by atoms with Gasteiger partial charge in [-0.2, -0.15) is 18.3 Å². The second-order valence-corrected chi connectivity index (χ2v) is 10.9. The van der Waals surface area contributed by atoms with Crippen molar-refractivity contribution in [2.24, 2.45) is 0 Å². The zero-order valence-corrected chi connectivity index (χ0v) is 22.9. The fourth-order valence-corrected chi connectivity index (χ4v) is 6.37. The molecule has 206 valence electrons. The number of nitrogens with zero attached hydrogens (tertiary/aromatic N) is 4. The van der Waals surface area contributed by atoms with Gasteiger partial charge in [-0.1, -0.05) is 18.2 Å². The minimum Gasteiger partial charge on any atom is -0.357 e. The quantitative estimate of drug-likeness (QED) is 0.308. The average Bonchev–Trinajstić information content (AvgIpc) is 3.57. The first-order valence-electron chi connectivity index (χ1n) is 12.8. The number of likely N-dealkylation sites (tertiary alicyclic amines) is 1. The Morgan fingerprint density at radius 1 is 1.23 bits per heavy atom. The number of amides is 1. The van der Waals surface area contributed by atoms with E-state index in [1.165, 1.54) is 23.5 Å². The lowest BCUT2D eigenvalue weighted by atomic mass is 9.90. The molecule has 4 heterocycles. The third-order valence-electron chi connectivity index (χ3n) is 7.01. The standard InChI is InChI=1S/C28H30F3N5O2S/c1-5-38-17(3)36-27-20(25(34-36)18-10-11-32-16(2)12-18)13-24(39-27)26(37)33-23-15-35(4)14-21(23)19-8-6-7-9-22(19)28(29,30)31/h6-13,17,21,23H,5,14-15H2,1-4H3,(H,33,37). The van der Waals surface area contributed by atoms with Crippen LogP contribution in [0, 0.1) is 6.92 Å². The monoisotopic (exact) mass is 557 g/mol. The molecule has 1 N–H and O–H groups in total. The van der Waals surface area contributed by atoms with Crippen LogP contribution in [0.5, 0.6) is 0 Å². The van der Waals surface area contributed by atoms with Crippen molar-refractivity contribution in [1.82, 2.24) is 25.0 Å². The van der Waals surface area contributed by atoms with Crippen molar-refractivity contribution in [2.75, 3.05) is 26.7 Å². The molecule has 1 saturated heterocycles. The molecular formula is C28H30F3N5O2S. The molecule has 1 aromatic carbocycles. The zero-order valence-electron chi connectivity index (χ0n) is 22.1. The van der Waals surface area contributed by atoms with Gasteiger partial charge in [0.1, 0.15) is 16.8 Å². The van der Waals surface area contributed by atoms with Crippen LogP contribution in [0.25, 0.3) is 21.5 Å². The molecule has 4 aromatic rings. The van der Waals surface area contributed by atoms with Gasteiger partial charge in [-0.05, 0) is 57.6 Å². The van der Waals surface area contributed by atoms with Gasteiger partial charge in [0.2, 0.25) is 0 Å². The molecule has 5 rings (SSSR count). The smallest absolute Gasteiger partial charge is 0.357 e. The molecule has 0 bridgehead atoms. The first-order chi connectivity index (χ1) is 18.6. The van der Waals surface area contributed by atoms with Crippen LogP contribution in [0.2, 0.25) is 0 Å². The molecule has 7 nitrogen and oxygen atoms in total. The van der Waals surface area contributed by atoms with Crippen molar-refractivity contribution in [3.05, 3.63) is 70.4 Å². The van der Waals surface area contributed by atoms with Gasteiger partial charge in [0.05, 0.1) is 10.4 Å². The molecule has 1 aliphatic heterocycles. The van der Waals surface area contributed by atoms with Gasteiger partial charge in [-0.15, -0.1) is 11.3 Å². The molecule has 11 heteroatoms. The summed E-state index contributed by atoms with van der Waals surface area (Å²) in [6, 6.07) is 10.8. The first kappa shape index (κ1) is 27.3. The van der Waals surface area contributed by atoms with Gasteiger partial charge in [0.25, 0.3) is 5.91 Å². The van der Waals surface area contributed by atoms with Crippen LogP contribution in [-0.4, -0.2) is 58.4 Å². The number of alkyl halides is 3. The van der Waals surface area contributed by atoms with Gasteiger partial charge in [0, 0.05) is 54.5 Å². The second-order valence-electron chi connectivity index (χ2n) is 9.86. The van der Waals surface area contributed by atoms with E-state index in [0.29, 0.717) is 24.6 Å². The highest BCUT2D eigenvalue weighted by molar-refractivity contribution is 7.20. The summed E-state index contributed by atoms with van der Waals surface area (Å²) in [6.07, 6.45) is -3.10. The maximum Gasteiger partial charge on any atom is 0.416 e. The maximum absolute atomic E-state index is 13.8. The number of thiophene rings is 1. The van der Waals surface area contributed by atoms with E-state index >= 15 is 0 Å². The number of hydrogen-bond donors (Lipinski definition) is 1. The van der Waals surface area contributed by atoms with E-state index in [0.717, 1.165) is 33.2 Å². The number of ether oxygens (including phenoxy) is 1. The molecular weight excluding hydrogens is 527 g/mol. The van der Waals surface area contributed by atoms with Crippen molar-refractivity contribution < 1.29 is 22.7 Å². The highest BCUT2D eigenvalue weighted by Crippen LogP contribution is 2.39. The van der Waals surface area contributed by atoms with Crippen LogP contribution in [0.4, 0.5) is 13.2 Å². The lowest BCUT2D eigenvalue weighted by Crippen LogP contribution is -2.39. The summed E-state index contributed by atoms with van der Waals surface area (Å²) in [7, 11) is 1.85. The Hall–Kier alpha value is -3.28. The minimum atomic E-state index is -4.47. The largest absolute Gasteiger partial charge is 0.416 e. The Balaban J connectivity index is 1.49. The highest BCUT2D eigenvalue weighted by atomic mass is 32.1. The lowest BCUT2D eigenvalue weighted by molar-refractivity contribution is -0.138. The summed E-state index contributed by atoms with van der Waals surface area (Å²) in [5.74, 6) is -0.812. The minimum absolute atomic E-state index is 0.201. The van der Waals surface area contributed by atoms with Crippen LogP contribution in [0.1, 0.15) is 52.5 Å². The summed E-state index contributed by atoms with van der Waals surface area (Å²) in [6.45, 7) is 7.07. The number of carbonyl (C=O) groups is 1. The number of pyridine rings is 1. The number of hydrogen-bond acceptors (Lipinski definition) is 6. The summed E-state index contributed by atoms with van der Waals surface area (Å²) < 4.78 is 48.9. The third-order valence-corrected chi connectivity index (χ3v) is 8.14. The molecule has 3 atom stereocenters. The summed E-state index contributed by atoms with van der Waals surface area (Å²) in [5, 5.41) is 8.65. The second kappa shape index (κ2) is 10.7. The normalized spacial score (nSPS) is 19.1. The molecule has 1 fully saturated rings. The lowest BCUT2D eigenvalue weighted by Gasteiger charge is -2.23. The number of aryl methyl sites for hydroxylation is 1. The van der Waals surface area contributed by atoms with Crippen LogP contribution in [-0.2, 0) is 10.9 Å². The van der Waals surface area contributed by atoms with Gasteiger partial charge in [-0.25, -0.2) is 4.68 Å². The van der Waals surface area contributed by atoms with E-state index < -0.39 is 23.7 Å². The Morgan fingerprint density at radius 3 is 2.72 bits per heavy atom. The number of rotatable bonds is 7. The van der Waals surface area contributed by atoms with Gasteiger partial charge < -0.3 is 15.0 Å². The Labute approximate surface area is 228 Å². The fourth-order valence-electron chi connectivity index (χ4n) is 5.28. The summed E-state index contributed by atoms with van der Waals surface area (Å²) in [5.41, 5.74) is 1.98. The molecule has 0 aliphatic carbocycles. The number of benzene rings is 1. The van der Waals surface area contributed by atoms with Crippen LogP contribution in [0.15, 0.2) is 48.7 Å². The number of likely N-dealkylation sites (N-methyl/N-ethyl adjacent to an activating group) is 1. The van der Waals surface area contributed by atoms with E-state index in [9.17, 15) is 18.0 Å². The molecule has 3 aromatic heterocycles. The van der Waals surface area contributed by atoms with Crippen LogP contribution in [0.3, 0.4) is 0 Å². The SMILES string of the molecule is CCOC(C)n1nc(-c2ccnc(C)c2)c2cc(C(=O)NC3CN(C)CC3c3ccccc3C(F)(F)F)sc21. The molecule has 3 unspecified atom stereocenters. The number of fused-ring (bicyclic) bond motifs is 1. The van der Waals surface area contributed by atoms with E-state index in [1.54, 1.807) is 23.0 Å². The molecule has 0 radical (unpaired) electrons. The van der Waals surface area contributed by atoms with Crippen molar-refractivity contribution in [1.29, 1.82) is 0 Å². The van der Waals surface area contributed by atoms with Crippen molar-refractivity contribution in [2.45, 2.75) is 45.1 Å². The van der Waals surface area contributed by atoms with E-state index in [4.69, 9.17) is 9.84 Å². The number of nitrogens with one attached hydrogen (secondary N) is 1. The van der Waals surface area contributed by atoms with Gasteiger partial charge in [-0.3, -0.25) is 9.78 Å². The fraction of sp³-hybridized carbons (Fsp3) is 0.393. The topological polar surface area (TPSA) is 72.3 Å². The van der Waals surface area contributed by atoms with Crippen molar-refractivity contribution >= 4 is 27.5 Å². The average molecular weight is 558 g/mol. The summed E-state index contributed by atoms with van der Waals surface area (Å²) in [4.78, 5) is 21.0. The summed E-state index contributed by atoms with van der Waals surface area (Å²) >= 11 is 1.29. The molecule has 0 spiro atoms. The number of carbonyl (C=O) groups excluding carboxylic acids is 1. The highest BCUT2D eigenvalue weighted by Gasteiger charge is 2.40. The molecule has 39 heavy (non-hydrogen) atoms. The first-order valence-corrected chi connectivity index (χ1v) is 13.6. The third kappa shape index (κ3) is 5.43. The number of halogens is 3. The van der Waals surface area contributed by atoms with Crippen LogP contribution >= 0.6 is 11.3 Å². The Kier molecular flexibility index (Phi) is 7.49. The maximum atomic E-state index is 13.8. The van der Waals surface area contributed by atoms with Crippen molar-refractivity contribution in [3.63, 3.8) is 0 Å². The Morgan fingerprint density at radius 2 is 2.00 bits per heavy atom. The van der Waals surface area contributed by atoms with E-state index in [-0.39, 0.29) is 17.7 Å². The van der Waals surface area contributed by atoms with Gasteiger partial charge >= 0.3 is 6.18 Å². The zero-order chi connectivity index (χ0) is 27.9.